The van der Waals surface area contributed by atoms with Crippen LogP contribution in [0.4, 0.5) is 0 Å². The Balaban J connectivity index is 3.02. The Kier molecular flexibility index (Phi) is 5.55. The molecule has 20 heavy (non-hydrogen) atoms. The third-order valence-corrected chi connectivity index (χ3v) is 26.5. The van der Waals surface area contributed by atoms with Crippen LogP contribution in [0.2, 0.25) is 64.1 Å². The molecule has 0 radical (unpaired) electrons. The molecule has 1 fully saturated rings. The van der Waals surface area contributed by atoms with Crippen LogP contribution in [0.25, 0.3) is 0 Å². The Morgan fingerprint density at radius 3 is 1.65 bits per heavy atom. The summed E-state index contributed by atoms with van der Waals surface area (Å²) in [6, 6.07) is 0. The smallest absolute Gasteiger partial charge is 0.319 e. The molecule has 1 unspecified atom stereocenters. The van der Waals surface area contributed by atoms with Crippen LogP contribution in [-0.2, 0) is 16.5 Å². The zero-order chi connectivity index (χ0) is 16.0. The zero-order valence-corrected chi connectivity index (χ0v) is 19.9. The van der Waals surface area contributed by atoms with Crippen LogP contribution < -0.4 is 0 Å². The minimum absolute atomic E-state index is 0.410. The van der Waals surface area contributed by atoms with E-state index in [-0.39, 0.29) is 0 Å². The fourth-order valence-electron chi connectivity index (χ4n) is 3.15. The molecule has 1 heterocycles. The monoisotopic (exact) mass is 368 g/mol. The lowest BCUT2D eigenvalue weighted by atomic mass is 10.9. The third kappa shape index (κ3) is 4.71. The van der Waals surface area contributed by atoms with Gasteiger partial charge in [0.05, 0.1) is 0 Å². The van der Waals surface area contributed by atoms with Crippen LogP contribution >= 0.6 is 0 Å². The lowest BCUT2D eigenvalue weighted by Gasteiger charge is -2.52. The molecule has 1 atom stereocenters. The van der Waals surface area contributed by atoms with Crippen molar-refractivity contribution in [2.45, 2.75) is 71.0 Å². The van der Waals surface area contributed by atoms with Crippen molar-refractivity contribution in [3.63, 3.8) is 0 Å². The van der Waals surface area contributed by atoms with Crippen molar-refractivity contribution in [1.82, 2.24) is 0 Å². The van der Waals surface area contributed by atoms with E-state index in [0.717, 1.165) is 0 Å². The molecule has 0 aromatic carbocycles. The van der Waals surface area contributed by atoms with Gasteiger partial charge in [-0.25, -0.2) is 0 Å². The minimum atomic E-state index is -2.26. The van der Waals surface area contributed by atoms with E-state index in [1.165, 1.54) is 0 Å². The normalized spacial score (nSPS) is 26.6. The molecule has 1 aliphatic rings. The minimum Gasteiger partial charge on any atom is -0.458 e. The molecule has 1 rings (SSSR count). The first-order chi connectivity index (χ1) is 8.69. The molecule has 0 aromatic rings. The molecule has 4 nitrogen and oxygen atoms in total. The first-order valence-electron chi connectivity index (χ1n) is 7.47. The highest BCUT2D eigenvalue weighted by molar-refractivity contribution is 7.00. The Bertz CT molecular complexity index is 343. The van der Waals surface area contributed by atoms with E-state index in [1.54, 1.807) is 0 Å². The summed E-state index contributed by atoms with van der Waals surface area (Å²) in [5, 5.41) is 0.410. The van der Waals surface area contributed by atoms with Gasteiger partial charge in [0, 0.05) is 5.16 Å². The summed E-state index contributed by atoms with van der Waals surface area (Å²) < 4.78 is 25.5. The van der Waals surface area contributed by atoms with Crippen molar-refractivity contribution < 1.29 is 16.5 Å². The van der Waals surface area contributed by atoms with Crippen LogP contribution in [0.3, 0.4) is 0 Å². The first-order valence-corrected chi connectivity index (χ1v) is 21.3. The molecule has 0 bridgehead atoms. The maximum Gasteiger partial charge on any atom is 0.319 e. The molecule has 1 saturated heterocycles. The van der Waals surface area contributed by atoms with Gasteiger partial charge in [-0.3, -0.25) is 0 Å². The van der Waals surface area contributed by atoms with Crippen molar-refractivity contribution in [1.29, 1.82) is 0 Å². The molecule has 0 N–H and O–H groups in total. The van der Waals surface area contributed by atoms with Gasteiger partial charge in [0.15, 0.2) is 17.4 Å². The van der Waals surface area contributed by atoms with E-state index >= 15 is 0 Å². The van der Waals surface area contributed by atoms with Gasteiger partial charge in [-0.2, -0.15) is 0 Å². The third-order valence-electron chi connectivity index (χ3n) is 3.76. The molecule has 9 heteroatoms. The summed E-state index contributed by atoms with van der Waals surface area (Å²) in [7, 11) is -9.22. The van der Waals surface area contributed by atoms with Gasteiger partial charge in [0.1, 0.15) is 0 Å². The standard InChI is InChI=1S/C11H32O4Si5/c1-11(17(4,5)12-16(2)3)20(10)14-18(6,7)13-19(8,9)15-20/h11,16H,1-10H3. The number of hydrogen-bond acceptors (Lipinski definition) is 4. The van der Waals surface area contributed by atoms with Crippen molar-refractivity contribution in [3.05, 3.63) is 0 Å². The second-order valence-corrected chi connectivity index (χ2v) is 26.3. The predicted octanol–water partition coefficient (Wildman–Crippen LogP) is 3.66. The van der Waals surface area contributed by atoms with Gasteiger partial charge >= 0.3 is 25.7 Å². The lowest BCUT2D eigenvalue weighted by Crippen LogP contribution is -2.69. The Morgan fingerprint density at radius 2 is 1.30 bits per heavy atom. The molecular formula is C11H32O4Si5. The highest BCUT2D eigenvalue weighted by Gasteiger charge is 2.58. The first kappa shape index (κ1) is 19.0. The van der Waals surface area contributed by atoms with E-state index < -0.39 is 43.0 Å². The summed E-state index contributed by atoms with van der Waals surface area (Å²) in [6.45, 7) is 22.2. The van der Waals surface area contributed by atoms with E-state index in [2.05, 4.69) is 65.8 Å². The highest BCUT2D eigenvalue weighted by atomic mass is 28.5. The summed E-state index contributed by atoms with van der Waals surface area (Å²) in [5.74, 6) is 0. The summed E-state index contributed by atoms with van der Waals surface area (Å²) in [5.41, 5.74) is 0. The van der Waals surface area contributed by atoms with E-state index in [0.29, 0.717) is 5.16 Å². The topological polar surface area (TPSA) is 36.9 Å². The molecule has 0 spiro atoms. The van der Waals surface area contributed by atoms with Gasteiger partial charge in [-0.15, -0.1) is 0 Å². The predicted molar refractivity (Wildman–Crippen MR) is 96.7 cm³/mol. The Labute approximate surface area is 130 Å². The summed E-state index contributed by atoms with van der Waals surface area (Å²) >= 11 is 0. The van der Waals surface area contributed by atoms with Gasteiger partial charge in [0.2, 0.25) is 0 Å². The zero-order valence-electron chi connectivity index (χ0n) is 14.8. The molecule has 120 valence electrons. The Morgan fingerprint density at radius 1 is 0.900 bits per heavy atom. The molecule has 1 aliphatic heterocycles. The van der Waals surface area contributed by atoms with E-state index in [1.807, 2.05) is 0 Å². The maximum absolute atomic E-state index is 6.46. The average molecular weight is 369 g/mol. The van der Waals surface area contributed by atoms with E-state index in [4.69, 9.17) is 16.5 Å². The van der Waals surface area contributed by atoms with Crippen molar-refractivity contribution in [2.75, 3.05) is 0 Å². The fourth-order valence-corrected chi connectivity index (χ4v) is 31.1. The van der Waals surface area contributed by atoms with Gasteiger partial charge < -0.3 is 16.5 Å². The molecule has 0 amide bonds. The quantitative estimate of drug-likeness (QED) is 0.710. The average Bonchev–Trinajstić information content (AvgIpc) is 2.07. The van der Waals surface area contributed by atoms with E-state index in [9.17, 15) is 0 Å². The maximum atomic E-state index is 6.46. The largest absolute Gasteiger partial charge is 0.458 e. The van der Waals surface area contributed by atoms with Crippen LogP contribution in [0.5, 0.6) is 0 Å². The molecule has 0 saturated carbocycles. The van der Waals surface area contributed by atoms with Crippen molar-refractivity contribution in [2.24, 2.45) is 0 Å². The molecular weight excluding hydrogens is 337 g/mol. The highest BCUT2D eigenvalue weighted by Crippen LogP contribution is 2.41. The van der Waals surface area contributed by atoms with Gasteiger partial charge in [0.25, 0.3) is 0 Å². The SMILES string of the molecule is CC([Si](C)(C)O[SiH](C)C)[Si]1(C)O[Si](C)(C)O[Si](C)(C)O1. The van der Waals surface area contributed by atoms with Gasteiger partial charge in [-0.05, 0) is 58.9 Å². The summed E-state index contributed by atoms with van der Waals surface area (Å²) in [6.07, 6.45) is 0. The number of hydrogen-bond donors (Lipinski definition) is 0. The molecule has 0 aromatic heterocycles. The van der Waals surface area contributed by atoms with Crippen LogP contribution in [0.15, 0.2) is 0 Å². The second kappa shape index (κ2) is 5.85. The fraction of sp³-hybridized carbons (Fsp3) is 1.00. The Hall–Kier alpha value is 0.924. The van der Waals surface area contributed by atoms with Gasteiger partial charge in [-0.1, -0.05) is 6.92 Å². The van der Waals surface area contributed by atoms with Crippen LogP contribution in [-0.4, -0.2) is 43.0 Å². The summed E-state index contributed by atoms with van der Waals surface area (Å²) in [4.78, 5) is 0. The van der Waals surface area contributed by atoms with Crippen LogP contribution in [0, 0.1) is 0 Å². The van der Waals surface area contributed by atoms with Crippen molar-refractivity contribution in [3.8, 4) is 0 Å². The lowest BCUT2D eigenvalue weighted by molar-refractivity contribution is 0.229. The second-order valence-electron chi connectivity index (χ2n) is 7.61. The number of rotatable bonds is 4. The van der Waals surface area contributed by atoms with Crippen molar-refractivity contribution >= 4 is 43.0 Å². The van der Waals surface area contributed by atoms with Crippen LogP contribution in [0.1, 0.15) is 6.92 Å². The molecule has 0 aliphatic carbocycles.